The van der Waals surface area contributed by atoms with Gasteiger partial charge in [0, 0.05) is 18.5 Å². The molecular formula is C16H21N3. The van der Waals surface area contributed by atoms with Gasteiger partial charge in [0.05, 0.1) is 0 Å². The molecule has 0 saturated heterocycles. The van der Waals surface area contributed by atoms with E-state index in [2.05, 4.69) is 42.7 Å². The van der Waals surface area contributed by atoms with Gasteiger partial charge in [-0.3, -0.25) is 0 Å². The normalized spacial score (nSPS) is 14.8. The quantitative estimate of drug-likeness (QED) is 0.907. The molecule has 2 N–H and O–H groups in total. The van der Waals surface area contributed by atoms with E-state index >= 15 is 0 Å². The van der Waals surface area contributed by atoms with E-state index < -0.39 is 0 Å². The largest absolute Gasteiger partial charge is 0.383 e. The predicted molar refractivity (Wildman–Crippen MR) is 79.1 cm³/mol. The Hall–Kier alpha value is -1.77. The van der Waals surface area contributed by atoms with E-state index in [1.165, 1.54) is 24.0 Å². The lowest BCUT2D eigenvalue weighted by molar-refractivity contribution is 0.713. The fourth-order valence-electron chi connectivity index (χ4n) is 2.80. The third-order valence-electron chi connectivity index (χ3n) is 3.95. The molecule has 0 spiro atoms. The van der Waals surface area contributed by atoms with Crippen LogP contribution in [0.5, 0.6) is 0 Å². The average Bonchev–Trinajstić information content (AvgIpc) is 3.23. The standard InChI is InChI=1S/C16H21N3/c1-3-14-18-15(16(17)19(14)4-2)13-8-6-5-7-12(13)11-9-10-11/h5-8,11H,3-4,9-10,17H2,1-2H3. The summed E-state index contributed by atoms with van der Waals surface area (Å²) in [4.78, 5) is 4.78. The lowest BCUT2D eigenvalue weighted by Crippen LogP contribution is -2.04. The Bertz CT molecular complexity index is 594. The second kappa shape index (κ2) is 4.72. The molecule has 19 heavy (non-hydrogen) atoms. The fourth-order valence-corrected chi connectivity index (χ4v) is 2.80. The van der Waals surface area contributed by atoms with E-state index in [0.29, 0.717) is 5.92 Å². The van der Waals surface area contributed by atoms with Crippen molar-refractivity contribution in [3.05, 3.63) is 35.7 Å². The molecular weight excluding hydrogens is 234 g/mol. The lowest BCUT2D eigenvalue weighted by atomic mass is 10.0. The highest BCUT2D eigenvalue weighted by atomic mass is 15.1. The Kier molecular flexibility index (Phi) is 3.05. The topological polar surface area (TPSA) is 43.8 Å². The van der Waals surface area contributed by atoms with Crippen LogP contribution in [0.1, 0.15) is 44.0 Å². The van der Waals surface area contributed by atoms with Gasteiger partial charge in [-0.25, -0.2) is 4.98 Å². The van der Waals surface area contributed by atoms with Crippen LogP contribution >= 0.6 is 0 Å². The van der Waals surface area contributed by atoms with Crippen molar-refractivity contribution in [1.82, 2.24) is 9.55 Å². The van der Waals surface area contributed by atoms with E-state index in [4.69, 9.17) is 10.7 Å². The smallest absolute Gasteiger partial charge is 0.131 e. The summed E-state index contributed by atoms with van der Waals surface area (Å²) >= 11 is 0. The summed E-state index contributed by atoms with van der Waals surface area (Å²) in [5, 5.41) is 0. The highest BCUT2D eigenvalue weighted by Crippen LogP contribution is 2.45. The molecule has 1 aromatic heterocycles. The van der Waals surface area contributed by atoms with Gasteiger partial charge in [-0.05, 0) is 31.2 Å². The van der Waals surface area contributed by atoms with Crippen molar-refractivity contribution in [3.63, 3.8) is 0 Å². The number of nitrogens with two attached hydrogens (primary N) is 1. The molecule has 1 aliphatic rings. The Balaban J connectivity index is 2.14. The number of anilines is 1. The van der Waals surface area contributed by atoms with E-state index in [0.717, 1.165) is 30.3 Å². The van der Waals surface area contributed by atoms with Crippen molar-refractivity contribution < 1.29 is 0 Å². The van der Waals surface area contributed by atoms with Gasteiger partial charge in [0.1, 0.15) is 17.3 Å². The minimum absolute atomic E-state index is 0.715. The second-order valence-electron chi connectivity index (χ2n) is 5.22. The summed E-state index contributed by atoms with van der Waals surface area (Å²) in [6, 6.07) is 8.58. The molecule has 0 unspecified atom stereocenters. The molecule has 1 fully saturated rings. The Morgan fingerprint density at radius 2 is 2.00 bits per heavy atom. The molecule has 1 aromatic carbocycles. The van der Waals surface area contributed by atoms with Crippen LogP contribution in [0.3, 0.4) is 0 Å². The molecule has 0 atom stereocenters. The third kappa shape index (κ3) is 2.03. The van der Waals surface area contributed by atoms with Crippen LogP contribution in [0.15, 0.2) is 24.3 Å². The maximum atomic E-state index is 6.31. The molecule has 0 radical (unpaired) electrons. The van der Waals surface area contributed by atoms with Gasteiger partial charge >= 0.3 is 0 Å². The number of aryl methyl sites for hydroxylation is 1. The van der Waals surface area contributed by atoms with Gasteiger partial charge in [-0.2, -0.15) is 0 Å². The molecule has 3 rings (SSSR count). The molecule has 0 aliphatic heterocycles. The van der Waals surface area contributed by atoms with Crippen LogP contribution in [-0.2, 0) is 13.0 Å². The van der Waals surface area contributed by atoms with Crippen molar-refractivity contribution >= 4 is 5.82 Å². The van der Waals surface area contributed by atoms with Crippen LogP contribution in [0.25, 0.3) is 11.3 Å². The highest BCUT2D eigenvalue weighted by Gasteiger charge is 2.27. The SMILES string of the molecule is CCc1nc(-c2ccccc2C2CC2)c(N)n1CC. The number of hydrogen-bond acceptors (Lipinski definition) is 2. The number of hydrogen-bond donors (Lipinski definition) is 1. The van der Waals surface area contributed by atoms with Gasteiger partial charge in [0.15, 0.2) is 0 Å². The summed E-state index contributed by atoms with van der Waals surface area (Å²) in [6.07, 6.45) is 3.52. The number of nitrogens with zero attached hydrogens (tertiary/aromatic N) is 2. The first kappa shape index (κ1) is 12.3. The zero-order valence-corrected chi connectivity index (χ0v) is 11.7. The number of rotatable bonds is 4. The van der Waals surface area contributed by atoms with Gasteiger partial charge in [0.2, 0.25) is 0 Å². The summed E-state index contributed by atoms with van der Waals surface area (Å²) in [6.45, 7) is 5.13. The molecule has 0 bridgehead atoms. The highest BCUT2D eigenvalue weighted by molar-refractivity contribution is 5.74. The minimum atomic E-state index is 0.715. The summed E-state index contributed by atoms with van der Waals surface area (Å²) < 4.78 is 2.12. The molecule has 0 amide bonds. The maximum absolute atomic E-state index is 6.31. The van der Waals surface area contributed by atoms with Gasteiger partial charge in [-0.15, -0.1) is 0 Å². The lowest BCUT2D eigenvalue weighted by Gasteiger charge is -2.08. The van der Waals surface area contributed by atoms with Gasteiger partial charge < -0.3 is 10.3 Å². The molecule has 3 nitrogen and oxygen atoms in total. The minimum Gasteiger partial charge on any atom is -0.383 e. The van der Waals surface area contributed by atoms with E-state index in [1.807, 2.05) is 0 Å². The predicted octanol–water partition coefficient (Wildman–Crippen LogP) is 3.59. The number of nitrogen functional groups attached to an aromatic ring is 1. The monoisotopic (exact) mass is 255 g/mol. The zero-order chi connectivity index (χ0) is 13.4. The first-order valence-corrected chi connectivity index (χ1v) is 7.20. The van der Waals surface area contributed by atoms with Crippen molar-refractivity contribution in [2.45, 2.75) is 45.6 Å². The van der Waals surface area contributed by atoms with Gasteiger partial charge in [-0.1, -0.05) is 31.2 Å². The molecule has 2 aromatic rings. The molecule has 1 aliphatic carbocycles. The Morgan fingerprint density at radius 1 is 1.26 bits per heavy atom. The van der Waals surface area contributed by atoms with E-state index in [-0.39, 0.29) is 0 Å². The van der Waals surface area contributed by atoms with Crippen LogP contribution in [0.4, 0.5) is 5.82 Å². The number of aromatic nitrogens is 2. The third-order valence-corrected chi connectivity index (χ3v) is 3.95. The van der Waals surface area contributed by atoms with Crippen LogP contribution < -0.4 is 5.73 Å². The number of imidazole rings is 1. The van der Waals surface area contributed by atoms with E-state index in [9.17, 15) is 0 Å². The molecule has 100 valence electrons. The zero-order valence-electron chi connectivity index (χ0n) is 11.7. The Morgan fingerprint density at radius 3 is 2.58 bits per heavy atom. The van der Waals surface area contributed by atoms with E-state index in [1.54, 1.807) is 0 Å². The van der Waals surface area contributed by atoms with Crippen molar-refractivity contribution in [2.24, 2.45) is 0 Å². The molecule has 1 heterocycles. The first-order chi connectivity index (χ1) is 9.26. The maximum Gasteiger partial charge on any atom is 0.131 e. The van der Waals surface area contributed by atoms with Crippen molar-refractivity contribution in [3.8, 4) is 11.3 Å². The molecule has 3 heteroatoms. The average molecular weight is 255 g/mol. The summed E-state index contributed by atoms with van der Waals surface area (Å²) in [7, 11) is 0. The first-order valence-electron chi connectivity index (χ1n) is 7.20. The van der Waals surface area contributed by atoms with Crippen LogP contribution in [0, 0.1) is 0 Å². The van der Waals surface area contributed by atoms with Crippen molar-refractivity contribution in [2.75, 3.05) is 5.73 Å². The summed E-state index contributed by atoms with van der Waals surface area (Å²) in [5.41, 5.74) is 9.93. The second-order valence-corrected chi connectivity index (χ2v) is 5.22. The fraction of sp³-hybridized carbons (Fsp3) is 0.438. The van der Waals surface area contributed by atoms with Crippen LogP contribution in [-0.4, -0.2) is 9.55 Å². The van der Waals surface area contributed by atoms with Crippen LogP contribution in [0.2, 0.25) is 0 Å². The van der Waals surface area contributed by atoms with Crippen molar-refractivity contribution in [1.29, 1.82) is 0 Å². The van der Waals surface area contributed by atoms with Gasteiger partial charge in [0.25, 0.3) is 0 Å². The molecule has 1 saturated carbocycles. The number of benzene rings is 1. The summed E-state index contributed by atoms with van der Waals surface area (Å²) in [5.74, 6) is 2.61. The Labute approximate surface area is 114 Å².